The van der Waals surface area contributed by atoms with Gasteiger partial charge in [0, 0.05) is 25.7 Å². The van der Waals surface area contributed by atoms with E-state index in [1.54, 1.807) is 4.68 Å². The van der Waals surface area contributed by atoms with Crippen LogP contribution in [0.25, 0.3) is 17.1 Å². The van der Waals surface area contributed by atoms with Crippen molar-refractivity contribution in [3.8, 4) is 17.1 Å². The van der Waals surface area contributed by atoms with E-state index in [2.05, 4.69) is 53.8 Å². The highest BCUT2D eigenvalue weighted by Gasteiger charge is 2.20. The van der Waals surface area contributed by atoms with Crippen LogP contribution in [0.2, 0.25) is 0 Å². The zero-order chi connectivity index (χ0) is 24.0. The average Bonchev–Trinajstić information content (AvgIpc) is 3.54. The maximum atomic E-state index is 13.4. The topological polar surface area (TPSA) is 51.9 Å². The fourth-order valence-corrected chi connectivity index (χ4v) is 4.48. The second kappa shape index (κ2) is 10.3. The number of rotatable bonds is 8. The largest absolute Gasteiger partial charge is 0.351 e. The monoisotopic (exact) mass is 460 g/mol. The molecular weight excluding hydrogens is 432 g/mol. The summed E-state index contributed by atoms with van der Waals surface area (Å²) in [5, 5.41) is 7.92. The number of aryl methyl sites for hydroxylation is 1. The van der Waals surface area contributed by atoms with Gasteiger partial charge in [-0.2, -0.15) is 5.10 Å². The molecule has 0 aliphatic heterocycles. The molecular formula is C30H28N4O. The minimum Gasteiger partial charge on any atom is -0.351 e. The first-order chi connectivity index (χ1) is 17.2. The van der Waals surface area contributed by atoms with E-state index >= 15 is 0 Å². The Morgan fingerprint density at radius 2 is 1.43 bits per heavy atom. The minimum absolute atomic E-state index is 0.137. The van der Waals surface area contributed by atoms with Gasteiger partial charge in [-0.15, -0.1) is 0 Å². The van der Waals surface area contributed by atoms with Gasteiger partial charge in [0.05, 0.1) is 11.4 Å². The van der Waals surface area contributed by atoms with E-state index in [4.69, 9.17) is 5.10 Å². The molecule has 5 rings (SSSR count). The molecule has 2 heterocycles. The van der Waals surface area contributed by atoms with Gasteiger partial charge in [-0.1, -0.05) is 78.9 Å². The highest BCUT2D eigenvalue weighted by Crippen LogP contribution is 2.27. The molecule has 0 saturated heterocycles. The van der Waals surface area contributed by atoms with Gasteiger partial charge in [-0.3, -0.25) is 4.79 Å². The maximum absolute atomic E-state index is 13.4. The third kappa shape index (κ3) is 4.94. The Morgan fingerprint density at radius 1 is 0.829 bits per heavy atom. The highest BCUT2D eigenvalue weighted by molar-refractivity contribution is 5.94. The third-order valence-electron chi connectivity index (χ3n) is 6.27. The first kappa shape index (κ1) is 22.4. The van der Waals surface area contributed by atoms with E-state index in [0.29, 0.717) is 12.2 Å². The highest BCUT2D eigenvalue weighted by atomic mass is 16.2. The number of nitrogens with one attached hydrogen (secondary N) is 1. The molecule has 0 bridgehead atoms. The molecule has 0 unspecified atom stereocenters. The van der Waals surface area contributed by atoms with Gasteiger partial charge >= 0.3 is 0 Å². The van der Waals surface area contributed by atoms with E-state index in [1.807, 2.05) is 78.5 Å². The second-order valence-corrected chi connectivity index (χ2v) is 8.59. The lowest BCUT2D eigenvalue weighted by atomic mass is 9.88. The maximum Gasteiger partial charge on any atom is 0.270 e. The van der Waals surface area contributed by atoms with E-state index in [1.165, 1.54) is 11.1 Å². The Balaban J connectivity index is 1.38. The minimum atomic E-state index is -0.137. The van der Waals surface area contributed by atoms with Gasteiger partial charge in [0.2, 0.25) is 0 Å². The molecule has 0 aliphatic rings. The van der Waals surface area contributed by atoms with Crippen LogP contribution >= 0.6 is 0 Å². The van der Waals surface area contributed by atoms with Crippen LogP contribution < -0.4 is 5.32 Å². The van der Waals surface area contributed by atoms with Crippen molar-refractivity contribution in [1.29, 1.82) is 0 Å². The molecule has 5 heteroatoms. The third-order valence-corrected chi connectivity index (χ3v) is 6.27. The Morgan fingerprint density at radius 3 is 2.00 bits per heavy atom. The van der Waals surface area contributed by atoms with Gasteiger partial charge in [0.25, 0.3) is 5.91 Å². The summed E-state index contributed by atoms with van der Waals surface area (Å²) in [7, 11) is 1.98. The van der Waals surface area contributed by atoms with Crippen LogP contribution in [0.15, 0.2) is 115 Å². The standard InChI is InChI=1S/C30H28N4O/c1-33-21-11-18-28(33)27-22-29(34(32-27)25-16-9-4-10-17-25)30(35)31-20-19-26(23-12-5-2-6-13-23)24-14-7-3-8-15-24/h2-18,21-22,26H,19-20H2,1H3,(H,31,35). The fourth-order valence-electron chi connectivity index (χ4n) is 4.48. The first-order valence-corrected chi connectivity index (χ1v) is 11.9. The smallest absolute Gasteiger partial charge is 0.270 e. The number of aromatic nitrogens is 3. The lowest BCUT2D eigenvalue weighted by Gasteiger charge is -2.18. The van der Waals surface area contributed by atoms with Crippen molar-refractivity contribution in [3.05, 3.63) is 132 Å². The zero-order valence-electron chi connectivity index (χ0n) is 19.7. The van der Waals surface area contributed by atoms with Crippen LogP contribution in [-0.2, 0) is 7.05 Å². The van der Waals surface area contributed by atoms with Crippen LogP contribution in [-0.4, -0.2) is 26.8 Å². The van der Waals surface area contributed by atoms with Crippen LogP contribution in [0.4, 0.5) is 0 Å². The molecule has 0 radical (unpaired) electrons. The molecule has 5 aromatic rings. The normalized spacial score (nSPS) is 11.0. The van der Waals surface area contributed by atoms with Gasteiger partial charge in [-0.25, -0.2) is 4.68 Å². The lowest BCUT2D eigenvalue weighted by Crippen LogP contribution is -2.28. The van der Waals surface area contributed by atoms with Crippen molar-refractivity contribution in [1.82, 2.24) is 19.7 Å². The summed E-state index contributed by atoms with van der Waals surface area (Å²) in [5.74, 6) is 0.0670. The number of carbonyl (C=O) groups excluding carboxylic acids is 1. The SMILES string of the molecule is Cn1cccc1-c1cc(C(=O)NCCC(c2ccccc2)c2ccccc2)n(-c2ccccc2)n1. The number of hydrogen-bond acceptors (Lipinski definition) is 2. The van der Waals surface area contributed by atoms with Crippen molar-refractivity contribution < 1.29 is 4.79 Å². The van der Waals surface area contributed by atoms with Crippen LogP contribution in [0.5, 0.6) is 0 Å². The van der Waals surface area contributed by atoms with Crippen LogP contribution in [0, 0.1) is 0 Å². The molecule has 5 nitrogen and oxygen atoms in total. The van der Waals surface area contributed by atoms with Gasteiger partial charge in [-0.05, 0) is 47.9 Å². The lowest BCUT2D eigenvalue weighted by molar-refractivity contribution is 0.0945. The van der Waals surface area contributed by atoms with Crippen molar-refractivity contribution >= 4 is 5.91 Å². The number of para-hydroxylation sites is 1. The van der Waals surface area contributed by atoms with Crippen molar-refractivity contribution in [3.63, 3.8) is 0 Å². The number of carbonyl (C=O) groups is 1. The van der Waals surface area contributed by atoms with Crippen LogP contribution in [0.3, 0.4) is 0 Å². The summed E-state index contributed by atoms with van der Waals surface area (Å²) >= 11 is 0. The van der Waals surface area contributed by atoms with Gasteiger partial charge < -0.3 is 9.88 Å². The molecule has 0 atom stereocenters. The summed E-state index contributed by atoms with van der Waals surface area (Å²) in [4.78, 5) is 13.4. The predicted octanol–water partition coefficient (Wildman–Crippen LogP) is 5.83. The van der Waals surface area contributed by atoms with Gasteiger partial charge in [0.15, 0.2) is 0 Å². The average molecular weight is 461 g/mol. The quantitative estimate of drug-likeness (QED) is 0.317. The molecule has 0 fully saturated rings. The molecule has 0 aliphatic carbocycles. The molecule has 174 valence electrons. The summed E-state index contributed by atoms with van der Waals surface area (Å²) in [6.45, 7) is 0.548. The van der Waals surface area contributed by atoms with Crippen molar-refractivity contribution in [2.24, 2.45) is 7.05 Å². The zero-order valence-corrected chi connectivity index (χ0v) is 19.7. The Bertz CT molecular complexity index is 1350. The number of nitrogens with zero attached hydrogens (tertiary/aromatic N) is 3. The van der Waals surface area contributed by atoms with E-state index in [9.17, 15) is 4.79 Å². The van der Waals surface area contributed by atoms with Crippen molar-refractivity contribution in [2.45, 2.75) is 12.3 Å². The molecule has 35 heavy (non-hydrogen) atoms. The first-order valence-electron chi connectivity index (χ1n) is 11.9. The summed E-state index contributed by atoms with van der Waals surface area (Å²) in [5.41, 5.74) is 5.58. The van der Waals surface area contributed by atoms with Crippen molar-refractivity contribution in [2.75, 3.05) is 6.54 Å². The summed E-state index contributed by atoms with van der Waals surface area (Å²) in [6.07, 6.45) is 2.77. The molecule has 2 aromatic heterocycles. The second-order valence-electron chi connectivity index (χ2n) is 8.59. The van der Waals surface area contributed by atoms with Crippen LogP contribution in [0.1, 0.15) is 34.0 Å². The predicted molar refractivity (Wildman–Crippen MR) is 140 cm³/mol. The van der Waals surface area contributed by atoms with E-state index in [-0.39, 0.29) is 11.8 Å². The molecule has 0 saturated carbocycles. The van der Waals surface area contributed by atoms with E-state index < -0.39 is 0 Å². The summed E-state index contributed by atoms with van der Waals surface area (Å²) in [6, 6.07) is 36.5. The Hall–Kier alpha value is -4.38. The summed E-state index contributed by atoms with van der Waals surface area (Å²) < 4.78 is 3.73. The molecule has 1 amide bonds. The van der Waals surface area contributed by atoms with E-state index in [0.717, 1.165) is 23.5 Å². The Kier molecular flexibility index (Phi) is 6.57. The number of hydrogen-bond donors (Lipinski definition) is 1. The molecule has 1 N–H and O–H groups in total. The number of benzene rings is 3. The molecule has 0 spiro atoms. The molecule has 3 aromatic carbocycles. The fraction of sp³-hybridized carbons (Fsp3) is 0.133. The van der Waals surface area contributed by atoms with Gasteiger partial charge in [0.1, 0.15) is 11.4 Å². The number of amides is 1. The Labute approximate surface area is 205 Å².